The van der Waals surface area contributed by atoms with Gasteiger partial charge >= 0.3 is 5.97 Å². The van der Waals surface area contributed by atoms with Gasteiger partial charge in [-0.3, -0.25) is 4.79 Å². The van der Waals surface area contributed by atoms with Crippen LogP contribution in [0.3, 0.4) is 0 Å². The number of hydrogen-bond donors (Lipinski definition) is 2. The fourth-order valence-corrected chi connectivity index (χ4v) is 3.63. The Labute approximate surface area is 101 Å². The summed E-state index contributed by atoms with van der Waals surface area (Å²) in [5.41, 5.74) is 0. The van der Waals surface area contributed by atoms with Crippen molar-refractivity contribution in [3.05, 3.63) is 0 Å². The summed E-state index contributed by atoms with van der Waals surface area (Å²) in [4.78, 5) is 11.1. The Kier molecular flexibility index (Phi) is 3.70. The van der Waals surface area contributed by atoms with Gasteiger partial charge in [0.05, 0.1) is 18.8 Å². The molecule has 0 aromatic heterocycles. The molecular weight excluding hydrogens is 244 g/mol. The van der Waals surface area contributed by atoms with Crippen LogP contribution in [0.2, 0.25) is 0 Å². The standard InChI is InChI=1S/C10H18N2O4S/c1-2-16-9(13)3-4-17(14,15)12-10-7-5-11-6-8(7)10/h7-8,10-12H,2-6H2,1H3. The Hall–Kier alpha value is -0.660. The summed E-state index contributed by atoms with van der Waals surface area (Å²) in [5, 5.41) is 3.20. The summed E-state index contributed by atoms with van der Waals surface area (Å²) >= 11 is 0. The van der Waals surface area contributed by atoms with Crippen molar-refractivity contribution in [2.75, 3.05) is 25.4 Å². The Bertz CT molecular complexity index is 385. The maximum Gasteiger partial charge on any atom is 0.306 e. The molecule has 1 heterocycles. The maximum absolute atomic E-state index is 11.7. The summed E-state index contributed by atoms with van der Waals surface area (Å²) < 4.78 is 30.7. The lowest BCUT2D eigenvalue weighted by atomic mass is 10.4. The molecule has 2 atom stereocenters. The highest BCUT2D eigenvalue weighted by Crippen LogP contribution is 2.41. The van der Waals surface area contributed by atoms with Crippen molar-refractivity contribution in [1.82, 2.24) is 10.0 Å². The van der Waals surface area contributed by atoms with E-state index < -0.39 is 16.0 Å². The van der Waals surface area contributed by atoms with E-state index in [4.69, 9.17) is 4.74 Å². The zero-order valence-electron chi connectivity index (χ0n) is 9.81. The average Bonchev–Trinajstić information content (AvgIpc) is 2.73. The van der Waals surface area contributed by atoms with Crippen LogP contribution in [0, 0.1) is 11.8 Å². The molecule has 2 rings (SSSR count). The van der Waals surface area contributed by atoms with Crippen molar-refractivity contribution in [1.29, 1.82) is 0 Å². The molecule has 0 aromatic carbocycles. The van der Waals surface area contributed by atoms with Crippen LogP contribution >= 0.6 is 0 Å². The van der Waals surface area contributed by atoms with E-state index in [-0.39, 0.29) is 24.8 Å². The number of ether oxygens (including phenoxy) is 1. The molecule has 0 spiro atoms. The summed E-state index contributed by atoms with van der Waals surface area (Å²) in [6.07, 6.45) is -0.0799. The number of piperidine rings is 1. The van der Waals surface area contributed by atoms with Gasteiger partial charge in [0.2, 0.25) is 10.0 Å². The third-order valence-electron chi connectivity index (χ3n) is 3.29. The third kappa shape index (κ3) is 3.17. The molecule has 2 aliphatic rings. The molecule has 98 valence electrons. The number of carbonyl (C=O) groups is 1. The minimum atomic E-state index is -3.35. The van der Waals surface area contributed by atoms with Crippen molar-refractivity contribution in [2.24, 2.45) is 11.8 Å². The van der Waals surface area contributed by atoms with Crippen LogP contribution in [-0.2, 0) is 19.6 Å². The van der Waals surface area contributed by atoms with Gasteiger partial charge in [0.25, 0.3) is 0 Å². The zero-order chi connectivity index (χ0) is 12.5. The normalized spacial score (nSPS) is 31.0. The van der Waals surface area contributed by atoms with Gasteiger partial charge in [-0.05, 0) is 31.8 Å². The Morgan fingerprint density at radius 1 is 1.41 bits per heavy atom. The first kappa shape index (κ1) is 12.8. The Morgan fingerprint density at radius 3 is 2.65 bits per heavy atom. The topological polar surface area (TPSA) is 84.5 Å². The first-order chi connectivity index (χ1) is 8.03. The lowest BCUT2D eigenvalue weighted by molar-refractivity contribution is -0.142. The molecule has 2 unspecified atom stereocenters. The van der Waals surface area contributed by atoms with E-state index in [1.54, 1.807) is 6.92 Å². The lowest BCUT2D eigenvalue weighted by Gasteiger charge is -2.08. The minimum absolute atomic E-state index is 0.0726. The van der Waals surface area contributed by atoms with Crippen molar-refractivity contribution >= 4 is 16.0 Å². The van der Waals surface area contributed by atoms with E-state index in [9.17, 15) is 13.2 Å². The van der Waals surface area contributed by atoms with Gasteiger partial charge < -0.3 is 10.1 Å². The fourth-order valence-electron chi connectivity index (χ4n) is 2.31. The summed E-state index contributed by atoms with van der Waals surface area (Å²) in [6.45, 7) is 3.75. The summed E-state index contributed by atoms with van der Waals surface area (Å²) in [6, 6.07) is 0.0726. The quantitative estimate of drug-likeness (QED) is 0.605. The number of fused-ring (bicyclic) bond motifs is 1. The number of nitrogens with one attached hydrogen (secondary N) is 2. The van der Waals surface area contributed by atoms with Crippen LogP contribution in [0.15, 0.2) is 0 Å². The van der Waals surface area contributed by atoms with Crippen molar-refractivity contribution in [2.45, 2.75) is 19.4 Å². The van der Waals surface area contributed by atoms with E-state index in [1.807, 2.05) is 0 Å². The first-order valence-corrected chi connectivity index (χ1v) is 7.55. The molecule has 1 aliphatic heterocycles. The number of hydrogen-bond acceptors (Lipinski definition) is 5. The van der Waals surface area contributed by atoms with Crippen LogP contribution in [-0.4, -0.2) is 45.9 Å². The van der Waals surface area contributed by atoms with Gasteiger partial charge in [0.15, 0.2) is 0 Å². The van der Waals surface area contributed by atoms with Gasteiger partial charge in [-0.2, -0.15) is 0 Å². The number of sulfonamides is 1. The molecule has 7 heteroatoms. The van der Waals surface area contributed by atoms with Gasteiger partial charge in [-0.15, -0.1) is 0 Å². The second-order valence-electron chi connectivity index (χ2n) is 4.50. The molecule has 0 amide bonds. The van der Waals surface area contributed by atoms with Gasteiger partial charge in [0.1, 0.15) is 0 Å². The van der Waals surface area contributed by atoms with Crippen LogP contribution in [0.25, 0.3) is 0 Å². The Balaban J connectivity index is 1.74. The van der Waals surface area contributed by atoms with Crippen molar-refractivity contribution < 1.29 is 17.9 Å². The van der Waals surface area contributed by atoms with Gasteiger partial charge in [-0.1, -0.05) is 0 Å². The van der Waals surface area contributed by atoms with E-state index in [2.05, 4.69) is 10.0 Å². The molecule has 17 heavy (non-hydrogen) atoms. The molecule has 1 aliphatic carbocycles. The fraction of sp³-hybridized carbons (Fsp3) is 0.900. The zero-order valence-corrected chi connectivity index (χ0v) is 10.6. The van der Waals surface area contributed by atoms with E-state index in [0.29, 0.717) is 11.8 Å². The van der Waals surface area contributed by atoms with Crippen molar-refractivity contribution in [3.63, 3.8) is 0 Å². The molecule has 6 nitrogen and oxygen atoms in total. The highest BCUT2D eigenvalue weighted by atomic mass is 32.2. The highest BCUT2D eigenvalue weighted by Gasteiger charge is 2.54. The molecule has 2 N–H and O–H groups in total. The Morgan fingerprint density at radius 2 is 2.06 bits per heavy atom. The predicted octanol–water partition coefficient (Wildman–Crippen LogP) is -0.923. The van der Waals surface area contributed by atoms with Crippen LogP contribution < -0.4 is 10.0 Å². The van der Waals surface area contributed by atoms with Crippen LogP contribution in [0.1, 0.15) is 13.3 Å². The third-order valence-corrected chi connectivity index (χ3v) is 4.66. The number of rotatable bonds is 6. The SMILES string of the molecule is CCOC(=O)CCS(=O)(=O)NC1C2CNCC21. The van der Waals surface area contributed by atoms with Crippen molar-refractivity contribution in [3.8, 4) is 0 Å². The number of esters is 1. The number of carbonyl (C=O) groups excluding carboxylic acids is 1. The second kappa shape index (κ2) is 4.91. The first-order valence-electron chi connectivity index (χ1n) is 5.90. The maximum atomic E-state index is 11.7. The molecule has 1 saturated heterocycles. The average molecular weight is 262 g/mol. The highest BCUT2D eigenvalue weighted by molar-refractivity contribution is 7.89. The summed E-state index contributed by atoms with van der Waals surface area (Å²) in [5.74, 6) is 0.227. The minimum Gasteiger partial charge on any atom is -0.466 e. The molecular formula is C10H18N2O4S. The van der Waals surface area contributed by atoms with Crippen LogP contribution in [0.5, 0.6) is 0 Å². The molecule has 0 bridgehead atoms. The summed E-state index contributed by atoms with van der Waals surface area (Å²) in [7, 11) is -3.35. The molecule has 1 saturated carbocycles. The molecule has 0 radical (unpaired) electrons. The van der Waals surface area contributed by atoms with Crippen LogP contribution in [0.4, 0.5) is 0 Å². The lowest BCUT2D eigenvalue weighted by Crippen LogP contribution is -2.34. The smallest absolute Gasteiger partial charge is 0.306 e. The largest absolute Gasteiger partial charge is 0.466 e. The predicted molar refractivity (Wildman–Crippen MR) is 61.8 cm³/mol. The monoisotopic (exact) mass is 262 g/mol. The van der Waals surface area contributed by atoms with Gasteiger partial charge in [0, 0.05) is 6.04 Å². The van der Waals surface area contributed by atoms with E-state index in [1.165, 1.54) is 0 Å². The van der Waals surface area contributed by atoms with E-state index >= 15 is 0 Å². The molecule has 0 aromatic rings. The molecule has 2 fully saturated rings. The van der Waals surface area contributed by atoms with E-state index in [0.717, 1.165) is 13.1 Å². The second-order valence-corrected chi connectivity index (χ2v) is 6.38. The van der Waals surface area contributed by atoms with Gasteiger partial charge in [-0.25, -0.2) is 13.1 Å².